The van der Waals surface area contributed by atoms with Crippen molar-refractivity contribution in [3.63, 3.8) is 0 Å². The van der Waals surface area contributed by atoms with Crippen LogP contribution in [0.4, 0.5) is 11.4 Å². The van der Waals surface area contributed by atoms with Gasteiger partial charge in [-0.05, 0) is 74.6 Å². The summed E-state index contributed by atoms with van der Waals surface area (Å²) in [5.74, 6) is 0. The molecule has 1 heterocycles. The Morgan fingerprint density at radius 3 is 2.42 bits per heavy atom. The Bertz CT molecular complexity index is 826. The molecule has 1 aliphatic heterocycles. The van der Waals surface area contributed by atoms with Crippen LogP contribution in [0.1, 0.15) is 57.7 Å². The minimum atomic E-state index is 0.0592. The molecule has 2 aromatic carbocycles. The Balaban J connectivity index is 1.90. The van der Waals surface area contributed by atoms with Crippen molar-refractivity contribution < 1.29 is 0 Å². The van der Waals surface area contributed by atoms with Gasteiger partial charge in [0.15, 0.2) is 0 Å². The van der Waals surface area contributed by atoms with Crippen LogP contribution in [0.25, 0.3) is 5.57 Å². The van der Waals surface area contributed by atoms with E-state index in [2.05, 4.69) is 93.1 Å². The number of aliphatic imine (C=N–C) groups is 1. The third kappa shape index (κ3) is 3.75. The van der Waals surface area contributed by atoms with Crippen LogP contribution in [-0.2, 0) is 6.42 Å². The van der Waals surface area contributed by atoms with Gasteiger partial charge in [-0.15, -0.1) is 0 Å². The molecule has 136 valence electrons. The Morgan fingerprint density at radius 1 is 1.04 bits per heavy atom. The van der Waals surface area contributed by atoms with Crippen LogP contribution in [0.5, 0.6) is 0 Å². The SMILES string of the molecule is CCCN1c2ccc(C=Nc3ccc(CC)cc3)cc2C(C)=CC1(C)C. The van der Waals surface area contributed by atoms with E-state index in [1.165, 1.54) is 22.4 Å². The summed E-state index contributed by atoms with van der Waals surface area (Å²) < 4.78 is 0. The number of allylic oxidation sites excluding steroid dienone is 1. The lowest BCUT2D eigenvalue weighted by atomic mass is 9.88. The first-order valence-electron chi connectivity index (χ1n) is 9.69. The topological polar surface area (TPSA) is 15.6 Å². The van der Waals surface area contributed by atoms with Crippen molar-refractivity contribution in [2.75, 3.05) is 11.4 Å². The van der Waals surface area contributed by atoms with E-state index in [4.69, 9.17) is 0 Å². The normalized spacial score (nSPS) is 15.9. The number of nitrogens with zero attached hydrogens (tertiary/aromatic N) is 2. The van der Waals surface area contributed by atoms with E-state index in [1.54, 1.807) is 0 Å². The van der Waals surface area contributed by atoms with Gasteiger partial charge < -0.3 is 4.90 Å². The quantitative estimate of drug-likeness (QED) is 0.571. The van der Waals surface area contributed by atoms with Crippen molar-refractivity contribution in [3.8, 4) is 0 Å². The molecule has 26 heavy (non-hydrogen) atoms. The molecule has 0 amide bonds. The van der Waals surface area contributed by atoms with E-state index in [0.29, 0.717) is 0 Å². The van der Waals surface area contributed by atoms with Crippen molar-refractivity contribution in [2.24, 2.45) is 4.99 Å². The number of benzene rings is 2. The molecular weight excluding hydrogens is 316 g/mol. The van der Waals surface area contributed by atoms with Gasteiger partial charge in [-0.2, -0.15) is 0 Å². The van der Waals surface area contributed by atoms with Gasteiger partial charge in [-0.3, -0.25) is 4.99 Å². The molecule has 1 aliphatic rings. The first-order valence-corrected chi connectivity index (χ1v) is 9.69. The monoisotopic (exact) mass is 346 g/mol. The third-order valence-electron chi connectivity index (χ3n) is 5.16. The molecule has 2 nitrogen and oxygen atoms in total. The lowest BCUT2D eigenvalue weighted by Gasteiger charge is -2.43. The zero-order valence-corrected chi connectivity index (χ0v) is 16.7. The van der Waals surface area contributed by atoms with Crippen molar-refractivity contribution in [1.82, 2.24) is 0 Å². The number of rotatable bonds is 5. The number of fused-ring (bicyclic) bond motifs is 1. The Labute approximate surface area is 158 Å². The maximum Gasteiger partial charge on any atom is 0.0630 e. The lowest BCUT2D eigenvalue weighted by molar-refractivity contribution is 0.550. The maximum atomic E-state index is 4.65. The molecule has 0 aliphatic carbocycles. The zero-order valence-electron chi connectivity index (χ0n) is 16.7. The highest BCUT2D eigenvalue weighted by molar-refractivity contribution is 5.88. The predicted octanol–water partition coefficient (Wildman–Crippen LogP) is 6.41. The van der Waals surface area contributed by atoms with Gasteiger partial charge >= 0.3 is 0 Å². The molecule has 3 rings (SSSR count). The fourth-order valence-electron chi connectivity index (χ4n) is 3.78. The number of hydrogen-bond acceptors (Lipinski definition) is 2. The molecular formula is C24H30N2. The summed E-state index contributed by atoms with van der Waals surface area (Å²) in [7, 11) is 0. The summed E-state index contributed by atoms with van der Waals surface area (Å²) in [6.07, 6.45) is 6.56. The van der Waals surface area contributed by atoms with E-state index in [1.807, 2.05) is 6.21 Å². The smallest absolute Gasteiger partial charge is 0.0630 e. The second-order valence-corrected chi connectivity index (χ2v) is 7.69. The summed E-state index contributed by atoms with van der Waals surface area (Å²) >= 11 is 0. The average molecular weight is 347 g/mol. The molecule has 0 N–H and O–H groups in total. The highest BCUT2D eigenvalue weighted by Gasteiger charge is 2.30. The Morgan fingerprint density at radius 2 is 1.77 bits per heavy atom. The molecule has 0 atom stereocenters. The van der Waals surface area contributed by atoms with E-state index in [-0.39, 0.29) is 5.54 Å². The fraction of sp³-hybridized carbons (Fsp3) is 0.375. The minimum absolute atomic E-state index is 0.0592. The van der Waals surface area contributed by atoms with Crippen LogP contribution < -0.4 is 4.90 Å². The molecule has 0 radical (unpaired) electrons. The molecule has 0 aromatic heterocycles. The standard InChI is InChI=1S/C24H30N2/c1-6-14-26-23-13-10-20(15-22(23)18(3)16-24(26,4)5)17-25-21-11-8-19(7-2)9-12-21/h8-13,15-17H,6-7,14H2,1-5H3. The first-order chi connectivity index (χ1) is 12.4. The summed E-state index contributed by atoms with van der Waals surface area (Å²) in [5, 5.41) is 0. The summed E-state index contributed by atoms with van der Waals surface area (Å²) in [5.41, 5.74) is 7.55. The Kier molecular flexibility index (Phi) is 5.31. The molecule has 0 bridgehead atoms. The second-order valence-electron chi connectivity index (χ2n) is 7.69. The molecule has 2 aromatic rings. The first kappa shape index (κ1) is 18.4. The Hall–Kier alpha value is -2.35. The molecule has 2 heteroatoms. The van der Waals surface area contributed by atoms with Crippen molar-refractivity contribution >= 4 is 23.2 Å². The number of anilines is 1. The summed E-state index contributed by atoms with van der Waals surface area (Å²) in [6, 6.07) is 15.2. The van der Waals surface area contributed by atoms with Crippen molar-refractivity contribution in [3.05, 3.63) is 65.2 Å². The van der Waals surface area contributed by atoms with Gasteiger partial charge in [0.1, 0.15) is 0 Å². The van der Waals surface area contributed by atoms with Gasteiger partial charge in [-0.1, -0.05) is 38.1 Å². The molecule has 0 saturated heterocycles. The molecule has 0 unspecified atom stereocenters. The fourth-order valence-corrected chi connectivity index (χ4v) is 3.78. The summed E-state index contributed by atoms with van der Waals surface area (Å²) in [6.45, 7) is 12.3. The predicted molar refractivity (Wildman–Crippen MR) is 115 cm³/mol. The second kappa shape index (κ2) is 7.49. The molecule has 0 fully saturated rings. The van der Waals surface area contributed by atoms with E-state index >= 15 is 0 Å². The van der Waals surface area contributed by atoms with Crippen LogP contribution in [0, 0.1) is 0 Å². The van der Waals surface area contributed by atoms with E-state index in [9.17, 15) is 0 Å². The van der Waals surface area contributed by atoms with Gasteiger partial charge in [0.05, 0.1) is 11.2 Å². The number of hydrogen-bond donors (Lipinski definition) is 0. The molecule has 0 spiro atoms. The van der Waals surface area contributed by atoms with Crippen LogP contribution >= 0.6 is 0 Å². The third-order valence-corrected chi connectivity index (χ3v) is 5.16. The van der Waals surface area contributed by atoms with Gasteiger partial charge in [-0.25, -0.2) is 0 Å². The van der Waals surface area contributed by atoms with E-state index < -0.39 is 0 Å². The van der Waals surface area contributed by atoms with Crippen LogP contribution in [0.15, 0.2) is 53.5 Å². The van der Waals surface area contributed by atoms with Crippen LogP contribution in [0.2, 0.25) is 0 Å². The highest BCUT2D eigenvalue weighted by Crippen LogP contribution is 2.39. The van der Waals surface area contributed by atoms with Crippen LogP contribution in [-0.4, -0.2) is 18.3 Å². The van der Waals surface area contributed by atoms with Gasteiger partial charge in [0.25, 0.3) is 0 Å². The maximum absolute atomic E-state index is 4.65. The summed E-state index contributed by atoms with van der Waals surface area (Å²) in [4.78, 5) is 7.17. The van der Waals surface area contributed by atoms with Crippen molar-refractivity contribution in [2.45, 2.75) is 53.0 Å². The van der Waals surface area contributed by atoms with Crippen molar-refractivity contribution in [1.29, 1.82) is 0 Å². The highest BCUT2D eigenvalue weighted by atomic mass is 15.2. The largest absolute Gasteiger partial charge is 0.362 e. The average Bonchev–Trinajstić information content (AvgIpc) is 2.63. The minimum Gasteiger partial charge on any atom is -0.362 e. The van der Waals surface area contributed by atoms with Gasteiger partial charge in [0, 0.05) is 24.0 Å². The number of aryl methyl sites for hydroxylation is 1. The molecule has 0 saturated carbocycles. The van der Waals surface area contributed by atoms with Crippen LogP contribution in [0.3, 0.4) is 0 Å². The van der Waals surface area contributed by atoms with E-state index in [0.717, 1.165) is 30.6 Å². The zero-order chi connectivity index (χ0) is 18.7. The van der Waals surface area contributed by atoms with Gasteiger partial charge in [0.2, 0.25) is 0 Å². The lowest BCUT2D eigenvalue weighted by Crippen LogP contribution is -2.45.